The molecule has 0 bridgehead atoms. The summed E-state index contributed by atoms with van der Waals surface area (Å²) in [7, 11) is 2.77. The zero-order chi connectivity index (χ0) is 15.2. The molecule has 1 amide bonds. The van der Waals surface area contributed by atoms with E-state index < -0.39 is 12.1 Å². The topological polar surface area (TPSA) is 64.6 Å². The molecule has 0 spiro atoms. The van der Waals surface area contributed by atoms with Gasteiger partial charge in [-0.3, -0.25) is 4.79 Å². The number of benzene rings is 1. The second kappa shape index (κ2) is 7.01. The Morgan fingerprint density at radius 3 is 2.48 bits per heavy atom. The Balaban J connectivity index is 2.17. The van der Waals surface area contributed by atoms with E-state index in [-0.39, 0.29) is 5.91 Å². The molecule has 6 heteroatoms. The summed E-state index contributed by atoms with van der Waals surface area (Å²) in [5, 5.41) is 4.42. The molecule has 0 aliphatic carbocycles. The molecule has 2 aromatic rings. The number of thiophene rings is 1. The fourth-order valence-electron chi connectivity index (χ4n) is 1.88. The van der Waals surface area contributed by atoms with Crippen LogP contribution in [-0.2, 0) is 14.3 Å². The maximum absolute atomic E-state index is 12.3. The molecule has 0 aliphatic heterocycles. The molecule has 110 valence electrons. The molecule has 2 rings (SSSR count). The minimum Gasteiger partial charge on any atom is -0.465 e. The first kappa shape index (κ1) is 15.2. The van der Waals surface area contributed by atoms with E-state index in [2.05, 4.69) is 10.1 Å². The van der Waals surface area contributed by atoms with Crippen molar-refractivity contribution in [1.82, 2.24) is 0 Å². The molecule has 1 atom stereocenters. The minimum atomic E-state index is -0.739. The van der Waals surface area contributed by atoms with E-state index in [0.717, 1.165) is 5.56 Å². The van der Waals surface area contributed by atoms with Gasteiger partial charge >= 0.3 is 5.97 Å². The first-order valence-corrected chi connectivity index (χ1v) is 7.09. The standard InChI is InChI=1S/C15H15NO4S/c1-19-12(10-6-4-3-5-7-10)14(17)16-11-8-9-21-13(11)15(18)20-2/h3-9,12H,1-2H3,(H,16,17). The van der Waals surface area contributed by atoms with Crippen LogP contribution in [0.5, 0.6) is 0 Å². The van der Waals surface area contributed by atoms with Gasteiger partial charge in [0.25, 0.3) is 5.91 Å². The van der Waals surface area contributed by atoms with Crippen molar-refractivity contribution in [2.24, 2.45) is 0 Å². The van der Waals surface area contributed by atoms with Crippen molar-refractivity contribution in [3.05, 3.63) is 52.2 Å². The second-order valence-electron chi connectivity index (χ2n) is 4.17. The molecule has 1 unspecified atom stereocenters. The number of hydrogen-bond acceptors (Lipinski definition) is 5. The molecule has 1 aromatic carbocycles. The SMILES string of the molecule is COC(=O)c1sccc1NC(=O)C(OC)c1ccccc1. The summed E-state index contributed by atoms with van der Waals surface area (Å²) in [6.07, 6.45) is -0.739. The molecular formula is C15H15NO4S. The van der Waals surface area contributed by atoms with Crippen LogP contribution < -0.4 is 5.32 Å². The maximum Gasteiger partial charge on any atom is 0.350 e. The quantitative estimate of drug-likeness (QED) is 0.863. The van der Waals surface area contributed by atoms with Crippen LogP contribution in [0, 0.1) is 0 Å². The minimum absolute atomic E-state index is 0.341. The van der Waals surface area contributed by atoms with E-state index >= 15 is 0 Å². The number of nitrogens with one attached hydrogen (secondary N) is 1. The average Bonchev–Trinajstić information content (AvgIpc) is 2.96. The lowest BCUT2D eigenvalue weighted by atomic mass is 10.1. The molecule has 1 aromatic heterocycles. The van der Waals surface area contributed by atoms with Gasteiger partial charge in [-0.1, -0.05) is 30.3 Å². The molecule has 0 fully saturated rings. The molecular weight excluding hydrogens is 290 g/mol. The first-order chi connectivity index (χ1) is 10.2. The zero-order valence-corrected chi connectivity index (χ0v) is 12.5. The monoisotopic (exact) mass is 305 g/mol. The molecule has 21 heavy (non-hydrogen) atoms. The van der Waals surface area contributed by atoms with Crippen LogP contribution in [0.3, 0.4) is 0 Å². The number of hydrogen-bond donors (Lipinski definition) is 1. The van der Waals surface area contributed by atoms with Crippen LogP contribution in [-0.4, -0.2) is 26.1 Å². The predicted octanol–water partition coefficient (Wildman–Crippen LogP) is 2.86. The first-order valence-electron chi connectivity index (χ1n) is 6.21. The Labute approximate surface area is 126 Å². The Morgan fingerprint density at radius 1 is 1.14 bits per heavy atom. The Kier molecular flexibility index (Phi) is 5.08. The van der Waals surface area contributed by atoms with Gasteiger partial charge in [0.1, 0.15) is 4.88 Å². The van der Waals surface area contributed by atoms with Gasteiger partial charge in [-0.05, 0) is 17.0 Å². The summed E-state index contributed by atoms with van der Waals surface area (Å²) in [6.45, 7) is 0. The van der Waals surface area contributed by atoms with Gasteiger partial charge in [0.2, 0.25) is 0 Å². The molecule has 1 N–H and O–H groups in total. The summed E-state index contributed by atoms with van der Waals surface area (Å²) in [5.41, 5.74) is 1.17. The van der Waals surface area contributed by atoms with Crippen LogP contribution in [0.15, 0.2) is 41.8 Å². The van der Waals surface area contributed by atoms with Crippen molar-refractivity contribution in [1.29, 1.82) is 0 Å². The lowest BCUT2D eigenvalue weighted by molar-refractivity contribution is -0.126. The van der Waals surface area contributed by atoms with Crippen molar-refractivity contribution in [3.63, 3.8) is 0 Å². The normalized spacial score (nSPS) is 11.7. The van der Waals surface area contributed by atoms with Crippen molar-refractivity contribution in [2.75, 3.05) is 19.5 Å². The van der Waals surface area contributed by atoms with E-state index in [1.165, 1.54) is 25.6 Å². The summed E-state index contributed by atoms with van der Waals surface area (Å²) >= 11 is 1.21. The zero-order valence-electron chi connectivity index (χ0n) is 11.7. The van der Waals surface area contributed by atoms with Gasteiger partial charge in [-0.2, -0.15) is 0 Å². The number of carbonyl (C=O) groups is 2. The fraction of sp³-hybridized carbons (Fsp3) is 0.200. The van der Waals surface area contributed by atoms with Crippen LogP contribution in [0.4, 0.5) is 5.69 Å². The van der Waals surface area contributed by atoms with Gasteiger partial charge in [-0.15, -0.1) is 11.3 Å². The molecule has 1 heterocycles. The van der Waals surface area contributed by atoms with Crippen molar-refractivity contribution < 1.29 is 19.1 Å². The van der Waals surface area contributed by atoms with Crippen molar-refractivity contribution in [2.45, 2.75) is 6.10 Å². The van der Waals surface area contributed by atoms with Gasteiger partial charge in [0, 0.05) is 7.11 Å². The summed E-state index contributed by atoms with van der Waals surface area (Å²) in [4.78, 5) is 24.3. The van der Waals surface area contributed by atoms with Gasteiger partial charge in [0.15, 0.2) is 6.10 Å². The molecule has 0 saturated carbocycles. The highest BCUT2D eigenvalue weighted by atomic mass is 32.1. The highest BCUT2D eigenvalue weighted by Crippen LogP contribution is 2.25. The number of anilines is 1. The summed E-state index contributed by atoms with van der Waals surface area (Å²) < 4.78 is 9.93. The van der Waals surface area contributed by atoms with Gasteiger partial charge in [0.05, 0.1) is 12.8 Å². The lowest BCUT2D eigenvalue weighted by Gasteiger charge is -2.15. The van der Waals surface area contributed by atoms with E-state index in [0.29, 0.717) is 10.6 Å². The number of ether oxygens (including phenoxy) is 2. The van der Waals surface area contributed by atoms with Crippen molar-refractivity contribution in [3.8, 4) is 0 Å². The average molecular weight is 305 g/mol. The number of esters is 1. The van der Waals surface area contributed by atoms with E-state index in [1.807, 2.05) is 30.3 Å². The van der Waals surface area contributed by atoms with Crippen LogP contribution in [0.25, 0.3) is 0 Å². The molecule has 0 aliphatic rings. The van der Waals surface area contributed by atoms with E-state index in [1.54, 1.807) is 11.4 Å². The summed E-state index contributed by atoms with van der Waals surface area (Å²) in [6, 6.07) is 10.8. The van der Waals surface area contributed by atoms with Gasteiger partial charge in [-0.25, -0.2) is 4.79 Å². The smallest absolute Gasteiger partial charge is 0.350 e. The molecule has 0 radical (unpaired) electrons. The summed E-state index contributed by atoms with van der Waals surface area (Å²) in [5.74, 6) is -0.818. The van der Waals surface area contributed by atoms with Crippen LogP contribution >= 0.6 is 11.3 Å². The highest BCUT2D eigenvalue weighted by molar-refractivity contribution is 7.12. The number of amides is 1. The van der Waals surface area contributed by atoms with Crippen molar-refractivity contribution >= 4 is 28.9 Å². The van der Waals surface area contributed by atoms with E-state index in [4.69, 9.17) is 4.74 Å². The second-order valence-corrected chi connectivity index (χ2v) is 5.09. The highest BCUT2D eigenvalue weighted by Gasteiger charge is 2.22. The Bertz CT molecular complexity index is 624. The lowest BCUT2D eigenvalue weighted by Crippen LogP contribution is -2.23. The third-order valence-corrected chi connectivity index (χ3v) is 3.76. The maximum atomic E-state index is 12.3. The van der Waals surface area contributed by atoms with Crippen LogP contribution in [0.2, 0.25) is 0 Å². The number of methoxy groups -OCH3 is 2. The molecule has 0 saturated heterocycles. The largest absolute Gasteiger partial charge is 0.465 e. The fourth-order valence-corrected chi connectivity index (χ4v) is 2.64. The molecule has 5 nitrogen and oxygen atoms in total. The van der Waals surface area contributed by atoms with Crippen LogP contribution in [0.1, 0.15) is 21.3 Å². The predicted molar refractivity (Wildman–Crippen MR) is 80.5 cm³/mol. The number of rotatable bonds is 5. The Hall–Kier alpha value is -2.18. The van der Waals surface area contributed by atoms with E-state index in [9.17, 15) is 9.59 Å². The third-order valence-electron chi connectivity index (χ3n) is 2.87. The Morgan fingerprint density at radius 2 is 1.86 bits per heavy atom. The number of carbonyl (C=O) groups excluding carboxylic acids is 2. The third kappa shape index (κ3) is 3.48. The van der Waals surface area contributed by atoms with Gasteiger partial charge < -0.3 is 14.8 Å².